The van der Waals surface area contributed by atoms with Crippen LogP contribution in [-0.2, 0) is 4.74 Å². The molecule has 3 N–H and O–H groups in total. The molecular formula is C10H22N2O2. The van der Waals surface area contributed by atoms with Gasteiger partial charge < -0.3 is 15.6 Å². The van der Waals surface area contributed by atoms with Crippen LogP contribution in [0.25, 0.3) is 0 Å². The van der Waals surface area contributed by atoms with Crippen molar-refractivity contribution in [2.75, 3.05) is 26.3 Å². The first-order valence-corrected chi connectivity index (χ1v) is 5.20. The molecule has 0 bridgehead atoms. The predicted molar refractivity (Wildman–Crippen MR) is 56.1 cm³/mol. The van der Waals surface area contributed by atoms with Gasteiger partial charge in [-0.2, -0.15) is 0 Å². The molecule has 4 nitrogen and oxygen atoms in total. The summed E-state index contributed by atoms with van der Waals surface area (Å²) in [4.78, 5) is 2.28. The van der Waals surface area contributed by atoms with E-state index in [1.807, 2.05) is 6.92 Å². The average molecular weight is 202 g/mol. The number of nitrogens with two attached hydrogens (primary N) is 1. The normalized spacial score (nSPS) is 34.1. The zero-order valence-corrected chi connectivity index (χ0v) is 9.36. The maximum Gasteiger partial charge on any atom is 0.0674 e. The summed E-state index contributed by atoms with van der Waals surface area (Å²) < 4.78 is 5.52. The van der Waals surface area contributed by atoms with E-state index in [2.05, 4.69) is 18.7 Å². The molecular weight excluding hydrogens is 180 g/mol. The summed E-state index contributed by atoms with van der Waals surface area (Å²) in [7, 11) is 0. The Morgan fingerprint density at radius 1 is 1.57 bits per heavy atom. The predicted octanol–water partition coefficient (Wildman–Crippen LogP) is -0.195. The van der Waals surface area contributed by atoms with E-state index in [0.717, 1.165) is 19.7 Å². The lowest BCUT2D eigenvalue weighted by molar-refractivity contribution is -0.0577. The Morgan fingerprint density at radius 3 is 2.79 bits per heavy atom. The van der Waals surface area contributed by atoms with E-state index in [1.54, 1.807) is 0 Å². The molecule has 1 heterocycles. The molecule has 3 atom stereocenters. The fourth-order valence-electron chi connectivity index (χ4n) is 1.71. The number of hydrogen-bond donors (Lipinski definition) is 2. The van der Waals surface area contributed by atoms with E-state index in [-0.39, 0.29) is 12.7 Å². The second-order valence-corrected chi connectivity index (χ2v) is 4.73. The van der Waals surface area contributed by atoms with E-state index in [4.69, 9.17) is 15.6 Å². The van der Waals surface area contributed by atoms with Crippen LogP contribution in [-0.4, -0.2) is 54.0 Å². The minimum atomic E-state index is -0.509. The molecule has 0 amide bonds. The van der Waals surface area contributed by atoms with Crippen LogP contribution >= 0.6 is 0 Å². The molecule has 0 aromatic rings. The molecule has 0 saturated carbocycles. The summed E-state index contributed by atoms with van der Waals surface area (Å²) in [5.74, 6) is 0. The highest BCUT2D eigenvalue weighted by atomic mass is 16.5. The van der Waals surface area contributed by atoms with Gasteiger partial charge in [-0.25, -0.2) is 0 Å². The summed E-state index contributed by atoms with van der Waals surface area (Å²) >= 11 is 0. The quantitative estimate of drug-likeness (QED) is 0.666. The van der Waals surface area contributed by atoms with Gasteiger partial charge in [0.2, 0.25) is 0 Å². The maximum absolute atomic E-state index is 9.09. The maximum atomic E-state index is 9.09. The Hall–Kier alpha value is -0.160. The van der Waals surface area contributed by atoms with Crippen LogP contribution in [0.4, 0.5) is 0 Å². The van der Waals surface area contributed by atoms with Gasteiger partial charge in [-0.1, -0.05) is 0 Å². The van der Waals surface area contributed by atoms with Crippen LogP contribution in [0, 0.1) is 0 Å². The Morgan fingerprint density at radius 2 is 2.21 bits per heavy atom. The Labute approximate surface area is 86.0 Å². The lowest BCUT2D eigenvalue weighted by Crippen LogP contribution is -2.57. The third-order valence-electron chi connectivity index (χ3n) is 2.66. The van der Waals surface area contributed by atoms with E-state index in [9.17, 15) is 0 Å². The monoisotopic (exact) mass is 202 g/mol. The Balaban J connectivity index is 2.49. The lowest BCUT2D eigenvalue weighted by Gasteiger charge is -2.40. The molecule has 3 unspecified atom stereocenters. The molecule has 1 saturated heterocycles. The number of rotatable bonds is 3. The average Bonchev–Trinajstić information content (AvgIpc) is 2.11. The van der Waals surface area contributed by atoms with E-state index < -0.39 is 5.54 Å². The van der Waals surface area contributed by atoms with Gasteiger partial charge in [-0.3, -0.25) is 4.90 Å². The van der Waals surface area contributed by atoms with Crippen molar-refractivity contribution in [2.24, 2.45) is 5.73 Å². The fourth-order valence-corrected chi connectivity index (χ4v) is 1.71. The molecule has 4 heteroatoms. The molecule has 0 aromatic heterocycles. The zero-order chi connectivity index (χ0) is 10.8. The summed E-state index contributed by atoms with van der Waals surface area (Å²) in [6, 6.07) is 0.389. The first kappa shape index (κ1) is 11.9. The number of aliphatic hydroxyl groups excluding tert-OH is 1. The van der Waals surface area contributed by atoms with Gasteiger partial charge in [0.05, 0.1) is 19.3 Å². The molecule has 1 rings (SSSR count). The summed E-state index contributed by atoms with van der Waals surface area (Å²) in [5, 5.41) is 9.09. The van der Waals surface area contributed by atoms with Gasteiger partial charge in [0.15, 0.2) is 0 Å². The SMILES string of the molecule is CC1CN(CC(C)(N)CO)C(C)CO1. The van der Waals surface area contributed by atoms with E-state index >= 15 is 0 Å². The van der Waals surface area contributed by atoms with Crippen LogP contribution in [0.3, 0.4) is 0 Å². The third-order valence-corrected chi connectivity index (χ3v) is 2.66. The summed E-state index contributed by atoms with van der Waals surface area (Å²) in [5.41, 5.74) is 5.41. The van der Waals surface area contributed by atoms with Crippen molar-refractivity contribution in [1.29, 1.82) is 0 Å². The van der Waals surface area contributed by atoms with Gasteiger partial charge in [0, 0.05) is 24.7 Å². The second-order valence-electron chi connectivity index (χ2n) is 4.73. The van der Waals surface area contributed by atoms with Gasteiger partial charge in [0.1, 0.15) is 0 Å². The van der Waals surface area contributed by atoms with Crippen molar-refractivity contribution in [2.45, 2.75) is 38.5 Å². The largest absolute Gasteiger partial charge is 0.394 e. The van der Waals surface area contributed by atoms with Crippen LogP contribution in [0.2, 0.25) is 0 Å². The van der Waals surface area contributed by atoms with Crippen LogP contribution in [0.1, 0.15) is 20.8 Å². The molecule has 0 aromatic carbocycles. The van der Waals surface area contributed by atoms with Crippen LogP contribution < -0.4 is 5.73 Å². The zero-order valence-electron chi connectivity index (χ0n) is 9.36. The third kappa shape index (κ3) is 3.20. The molecule has 0 spiro atoms. The smallest absolute Gasteiger partial charge is 0.0674 e. The van der Waals surface area contributed by atoms with Gasteiger partial charge in [0.25, 0.3) is 0 Å². The first-order valence-electron chi connectivity index (χ1n) is 5.20. The summed E-state index contributed by atoms with van der Waals surface area (Å²) in [6.45, 7) is 8.45. The van der Waals surface area contributed by atoms with Crippen molar-refractivity contribution in [1.82, 2.24) is 4.90 Å². The van der Waals surface area contributed by atoms with Gasteiger partial charge >= 0.3 is 0 Å². The second kappa shape index (κ2) is 4.57. The number of ether oxygens (including phenoxy) is 1. The number of nitrogens with zero attached hydrogens (tertiary/aromatic N) is 1. The number of aliphatic hydroxyl groups is 1. The van der Waals surface area contributed by atoms with Crippen LogP contribution in [0.5, 0.6) is 0 Å². The number of hydrogen-bond acceptors (Lipinski definition) is 4. The van der Waals surface area contributed by atoms with Crippen molar-refractivity contribution < 1.29 is 9.84 Å². The highest BCUT2D eigenvalue weighted by Gasteiger charge is 2.28. The minimum absolute atomic E-state index is 0.0193. The standard InChI is InChI=1S/C10H22N2O2/c1-8-5-14-9(2)4-12(8)6-10(3,11)7-13/h8-9,13H,4-7,11H2,1-3H3. The summed E-state index contributed by atoms with van der Waals surface area (Å²) in [6.07, 6.45) is 0.265. The van der Waals surface area contributed by atoms with Gasteiger partial charge in [-0.05, 0) is 20.8 Å². The molecule has 0 radical (unpaired) electrons. The highest BCUT2D eigenvalue weighted by Crippen LogP contribution is 2.14. The first-order chi connectivity index (χ1) is 6.44. The fraction of sp³-hybridized carbons (Fsp3) is 1.00. The van der Waals surface area contributed by atoms with Crippen LogP contribution in [0.15, 0.2) is 0 Å². The Kier molecular flexibility index (Phi) is 3.89. The minimum Gasteiger partial charge on any atom is -0.394 e. The van der Waals surface area contributed by atoms with Crippen molar-refractivity contribution in [3.05, 3.63) is 0 Å². The Bertz CT molecular complexity index is 185. The molecule has 14 heavy (non-hydrogen) atoms. The topological polar surface area (TPSA) is 58.7 Å². The highest BCUT2D eigenvalue weighted by molar-refractivity contribution is 4.86. The van der Waals surface area contributed by atoms with Crippen molar-refractivity contribution in [3.8, 4) is 0 Å². The van der Waals surface area contributed by atoms with Gasteiger partial charge in [-0.15, -0.1) is 0 Å². The number of morpholine rings is 1. The molecule has 1 fully saturated rings. The lowest BCUT2D eigenvalue weighted by atomic mass is 10.0. The molecule has 1 aliphatic rings. The molecule has 84 valence electrons. The van der Waals surface area contributed by atoms with E-state index in [1.165, 1.54) is 0 Å². The van der Waals surface area contributed by atoms with Crippen molar-refractivity contribution in [3.63, 3.8) is 0 Å². The molecule has 0 aliphatic carbocycles. The van der Waals surface area contributed by atoms with E-state index in [0.29, 0.717) is 6.04 Å². The van der Waals surface area contributed by atoms with Crippen molar-refractivity contribution >= 4 is 0 Å². The molecule has 1 aliphatic heterocycles.